The predicted molar refractivity (Wildman–Crippen MR) is 104 cm³/mol. The van der Waals surface area contributed by atoms with Crippen molar-refractivity contribution in [3.8, 4) is 5.75 Å². The predicted octanol–water partition coefficient (Wildman–Crippen LogP) is 2.48. The van der Waals surface area contributed by atoms with Gasteiger partial charge in [0.25, 0.3) is 5.91 Å². The highest BCUT2D eigenvalue weighted by Crippen LogP contribution is 2.28. The standard InChI is InChI=1S/C21H23N3O3/c25-19-8-2-1-7-18(19)22-11-13-23(14-12-22)21(27)16-5-3-6-17(15-16)24-10-4-9-20(24)26/h1-3,5-8,15,25H,4,9-14H2. The lowest BCUT2D eigenvalue weighted by Gasteiger charge is -2.36. The number of piperazine rings is 1. The van der Waals surface area contributed by atoms with Gasteiger partial charge in [-0.05, 0) is 36.8 Å². The molecule has 0 bridgehead atoms. The number of amides is 2. The third kappa shape index (κ3) is 3.47. The van der Waals surface area contributed by atoms with Crippen LogP contribution in [0.25, 0.3) is 0 Å². The van der Waals surface area contributed by atoms with Crippen LogP contribution >= 0.6 is 0 Å². The molecule has 6 heteroatoms. The number of carbonyl (C=O) groups is 2. The smallest absolute Gasteiger partial charge is 0.254 e. The van der Waals surface area contributed by atoms with E-state index >= 15 is 0 Å². The van der Waals surface area contributed by atoms with Crippen molar-refractivity contribution in [3.63, 3.8) is 0 Å². The number of phenols is 1. The lowest BCUT2D eigenvalue weighted by atomic mass is 10.1. The SMILES string of the molecule is O=C(c1cccc(N2CCCC2=O)c1)N1CCN(c2ccccc2O)CC1. The van der Waals surface area contributed by atoms with Gasteiger partial charge in [-0.25, -0.2) is 0 Å². The molecule has 2 amide bonds. The van der Waals surface area contributed by atoms with Crippen molar-refractivity contribution in [1.82, 2.24) is 4.90 Å². The van der Waals surface area contributed by atoms with Crippen molar-refractivity contribution in [1.29, 1.82) is 0 Å². The average molecular weight is 365 g/mol. The second-order valence-corrected chi connectivity index (χ2v) is 6.97. The van der Waals surface area contributed by atoms with Gasteiger partial charge in [0.1, 0.15) is 5.75 Å². The number of aromatic hydroxyl groups is 1. The number of para-hydroxylation sites is 2. The number of rotatable bonds is 3. The molecule has 0 unspecified atom stereocenters. The van der Waals surface area contributed by atoms with E-state index in [1.165, 1.54) is 0 Å². The van der Waals surface area contributed by atoms with Gasteiger partial charge in [0.15, 0.2) is 0 Å². The van der Waals surface area contributed by atoms with E-state index in [1.807, 2.05) is 41.3 Å². The molecule has 0 aromatic heterocycles. The average Bonchev–Trinajstić information content (AvgIpc) is 3.14. The van der Waals surface area contributed by atoms with E-state index in [2.05, 4.69) is 4.90 Å². The fourth-order valence-corrected chi connectivity index (χ4v) is 3.79. The van der Waals surface area contributed by atoms with Gasteiger partial charge in [-0.15, -0.1) is 0 Å². The van der Waals surface area contributed by atoms with E-state index < -0.39 is 0 Å². The molecule has 0 atom stereocenters. The quantitative estimate of drug-likeness (QED) is 0.908. The Morgan fingerprint density at radius 2 is 1.70 bits per heavy atom. The number of phenolic OH excluding ortho intramolecular Hbond substituents is 1. The zero-order valence-corrected chi connectivity index (χ0v) is 15.2. The molecule has 2 aromatic carbocycles. The fraction of sp³-hybridized carbons (Fsp3) is 0.333. The first-order valence-corrected chi connectivity index (χ1v) is 9.36. The van der Waals surface area contributed by atoms with Gasteiger partial charge in [0.05, 0.1) is 5.69 Å². The van der Waals surface area contributed by atoms with Crippen molar-refractivity contribution in [2.24, 2.45) is 0 Å². The van der Waals surface area contributed by atoms with E-state index in [4.69, 9.17) is 0 Å². The molecule has 0 radical (unpaired) electrons. The van der Waals surface area contributed by atoms with E-state index in [0.29, 0.717) is 38.2 Å². The number of anilines is 2. The maximum atomic E-state index is 12.9. The lowest BCUT2D eigenvalue weighted by Crippen LogP contribution is -2.48. The summed E-state index contributed by atoms with van der Waals surface area (Å²) in [5, 5.41) is 10.0. The highest BCUT2D eigenvalue weighted by molar-refractivity contribution is 5.99. The number of nitrogens with zero attached hydrogens (tertiary/aromatic N) is 3. The topological polar surface area (TPSA) is 64.1 Å². The van der Waals surface area contributed by atoms with Crippen LogP contribution in [-0.4, -0.2) is 54.5 Å². The van der Waals surface area contributed by atoms with Gasteiger partial charge in [-0.2, -0.15) is 0 Å². The first kappa shape index (κ1) is 17.4. The van der Waals surface area contributed by atoms with Crippen molar-refractivity contribution >= 4 is 23.2 Å². The van der Waals surface area contributed by atoms with Gasteiger partial charge >= 0.3 is 0 Å². The molecule has 1 N–H and O–H groups in total. The Bertz CT molecular complexity index is 859. The van der Waals surface area contributed by atoms with Crippen LogP contribution in [0.5, 0.6) is 5.75 Å². The molecule has 0 spiro atoms. The van der Waals surface area contributed by atoms with Crippen molar-refractivity contribution < 1.29 is 14.7 Å². The van der Waals surface area contributed by atoms with Gasteiger partial charge in [-0.1, -0.05) is 18.2 Å². The first-order chi connectivity index (χ1) is 13.1. The molecule has 0 aliphatic carbocycles. The van der Waals surface area contributed by atoms with Crippen molar-refractivity contribution in [3.05, 3.63) is 54.1 Å². The van der Waals surface area contributed by atoms with Crippen LogP contribution in [0.2, 0.25) is 0 Å². The molecule has 2 aromatic rings. The molecule has 2 saturated heterocycles. The molecular formula is C21H23N3O3. The molecule has 4 rings (SSSR count). The van der Waals surface area contributed by atoms with Crippen LogP contribution < -0.4 is 9.80 Å². The summed E-state index contributed by atoms with van der Waals surface area (Å²) in [6.45, 7) is 3.26. The highest BCUT2D eigenvalue weighted by atomic mass is 16.3. The van der Waals surface area contributed by atoms with Gasteiger partial charge in [-0.3, -0.25) is 9.59 Å². The summed E-state index contributed by atoms with van der Waals surface area (Å²) in [6.07, 6.45) is 1.44. The summed E-state index contributed by atoms with van der Waals surface area (Å²) in [5.74, 6) is 0.372. The Morgan fingerprint density at radius 3 is 2.41 bits per heavy atom. The van der Waals surface area contributed by atoms with Crippen LogP contribution in [0, 0.1) is 0 Å². The third-order valence-corrected chi connectivity index (χ3v) is 5.27. The number of carbonyl (C=O) groups excluding carboxylic acids is 2. The van der Waals surface area contributed by atoms with Crippen LogP contribution in [0.1, 0.15) is 23.2 Å². The number of hydrogen-bond acceptors (Lipinski definition) is 4. The number of benzene rings is 2. The second kappa shape index (κ2) is 7.31. The summed E-state index contributed by atoms with van der Waals surface area (Å²) >= 11 is 0. The summed E-state index contributed by atoms with van der Waals surface area (Å²) in [4.78, 5) is 30.6. The van der Waals surface area contributed by atoms with E-state index in [0.717, 1.165) is 24.3 Å². The molecule has 2 fully saturated rings. The number of hydrogen-bond donors (Lipinski definition) is 1. The van der Waals surface area contributed by atoms with Crippen LogP contribution in [0.4, 0.5) is 11.4 Å². The summed E-state index contributed by atoms with van der Waals surface area (Å²) in [7, 11) is 0. The maximum absolute atomic E-state index is 12.9. The molecule has 2 aliphatic rings. The molecule has 0 saturated carbocycles. The van der Waals surface area contributed by atoms with Crippen LogP contribution in [0.15, 0.2) is 48.5 Å². The minimum Gasteiger partial charge on any atom is -0.506 e. The zero-order chi connectivity index (χ0) is 18.8. The monoisotopic (exact) mass is 365 g/mol. The molecule has 6 nitrogen and oxygen atoms in total. The van der Waals surface area contributed by atoms with Gasteiger partial charge in [0, 0.05) is 50.4 Å². The van der Waals surface area contributed by atoms with Gasteiger partial charge < -0.3 is 19.8 Å². The van der Waals surface area contributed by atoms with Gasteiger partial charge in [0.2, 0.25) is 5.91 Å². The second-order valence-electron chi connectivity index (χ2n) is 6.97. The minimum atomic E-state index is -0.0135. The largest absolute Gasteiger partial charge is 0.506 e. The Balaban J connectivity index is 1.44. The summed E-state index contributed by atoms with van der Waals surface area (Å²) in [6, 6.07) is 14.6. The van der Waals surface area contributed by atoms with E-state index in [-0.39, 0.29) is 17.6 Å². The Morgan fingerprint density at radius 1 is 0.926 bits per heavy atom. The molecule has 2 aliphatic heterocycles. The molecular weight excluding hydrogens is 342 g/mol. The van der Waals surface area contributed by atoms with E-state index in [9.17, 15) is 14.7 Å². The first-order valence-electron chi connectivity index (χ1n) is 9.36. The van der Waals surface area contributed by atoms with Crippen LogP contribution in [-0.2, 0) is 4.79 Å². The molecule has 140 valence electrons. The molecule has 2 heterocycles. The third-order valence-electron chi connectivity index (χ3n) is 5.27. The van der Waals surface area contributed by atoms with Crippen molar-refractivity contribution in [2.45, 2.75) is 12.8 Å². The highest BCUT2D eigenvalue weighted by Gasteiger charge is 2.25. The Hall–Kier alpha value is -3.02. The Kier molecular flexibility index (Phi) is 4.71. The minimum absolute atomic E-state index is 0.0135. The molecule has 27 heavy (non-hydrogen) atoms. The summed E-state index contributed by atoms with van der Waals surface area (Å²) < 4.78 is 0. The van der Waals surface area contributed by atoms with E-state index in [1.54, 1.807) is 17.0 Å². The zero-order valence-electron chi connectivity index (χ0n) is 15.2. The maximum Gasteiger partial charge on any atom is 0.254 e. The van der Waals surface area contributed by atoms with Crippen LogP contribution in [0.3, 0.4) is 0 Å². The van der Waals surface area contributed by atoms with Crippen molar-refractivity contribution in [2.75, 3.05) is 42.5 Å². The Labute approximate surface area is 158 Å². The lowest BCUT2D eigenvalue weighted by molar-refractivity contribution is -0.117. The fourth-order valence-electron chi connectivity index (χ4n) is 3.79. The normalized spacial score (nSPS) is 17.5. The summed E-state index contributed by atoms with van der Waals surface area (Å²) in [5.41, 5.74) is 2.22.